The molecule has 0 bridgehead atoms. The van der Waals surface area contributed by atoms with Crippen molar-refractivity contribution >= 4 is 26.8 Å². The Hall–Kier alpha value is -2.11. The maximum absolute atomic E-state index is 5.92. The van der Waals surface area contributed by atoms with E-state index in [-0.39, 0.29) is 0 Å². The second-order valence-corrected chi connectivity index (χ2v) is 6.61. The Morgan fingerprint density at radius 3 is 2.72 bits per heavy atom. The van der Waals surface area contributed by atoms with Crippen LogP contribution in [0.1, 0.15) is 18.9 Å². The Bertz CT molecular complexity index is 867. The number of pyridine rings is 1. The van der Waals surface area contributed by atoms with Crippen LogP contribution >= 0.6 is 15.9 Å². The average Bonchev–Trinajstić information content (AvgIpc) is 2.62. The molecule has 0 saturated carbocycles. The molecule has 0 aliphatic heterocycles. The van der Waals surface area contributed by atoms with Crippen molar-refractivity contribution in [1.82, 2.24) is 4.98 Å². The molecule has 0 unspecified atom stereocenters. The van der Waals surface area contributed by atoms with Crippen LogP contribution in [0.3, 0.4) is 0 Å². The van der Waals surface area contributed by atoms with Gasteiger partial charge in [0.1, 0.15) is 11.5 Å². The lowest BCUT2D eigenvalue weighted by Crippen LogP contribution is -2.02. The van der Waals surface area contributed by atoms with Gasteiger partial charge in [0.25, 0.3) is 0 Å². The molecule has 1 heterocycles. The summed E-state index contributed by atoms with van der Waals surface area (Å²) in [5, 5.41) is 1.08. The van der Waals surface area contributed by atoms with Crippen molar-refractivity contribution in [2.24, 2.45) is 5.73 Å². The van der Waals surface area contributed by atoms with Gasteiger partial charge < -0.3 is 15.2 Å². The van der Waals surface area contributed by atoms with Crippen LogP contribution in [-0.2, 0) is 6.42 Å². The maximum Gasteiger partial charge on any atom is 0.219 e. The zero-order chi connectivity index (χ0) is 17.6. The van der Waals surface area contributed by atoms with Gasteiger partial charge in [-0.2, -0.15) is 0 Å². The molecule has 0 fully saturated rings. The summed E-state index contributed by atoms with van der Waals surface area (Å²) in [5.74, 6) is 2.08. The second kappa shape index (κ2) is 8.32. The first-order valence-corrected chi connectivity index (χ1v) is 9.19. The summed E-state index contributed by atoms with van der Waals surface area (Å²) in [4.78, 5) is 4.58. The third-order valence-electron chi connectivity index (χ3n) is 3.75. The second-order valence-electron chi connectivity index (χ2n) is 5.76. The molecule has 3 aromatic rings. The van der Waals surface area contributed by atoms with E-state index in [1.807, 2.05) is 36.4 Å². The molecule has 0 spiro atoms. The highest BCUT2D eigenvalue weighted by atomic mass is 79.9. The smallest absolute Gasteiger partial charge is 0.219 e. The van der Waals surface area contributed by atoms with Gasteiger partial charge in [-0.05, 0) is 77.3 Å². The molecule has 0 atom stereocenters. The quantitative estimate of drug-likeness (QED) is 0.600. The van der Waals surface area contributed by atoms with E-state index >= 15 is 0 Å². The van der Waals surface area contributed by atoms with Crippen LogP contribution in [0.15, 0.2) is 53.0 Å². The zero-order valence-electron chi connectivity index (χ0n) is 14.2. The van der Waals surface area contributed by atoms with Crippen molar-refractivity contribution < 1.29 is 9.47 Å². The molecule has 3 rings (SSSR count). The van der Waals surface area contributed by atoms with E-state index in [1.165, 1.54) is 5.56 Å². The molecule has 2 aromatic carbocycles. The highest BCUT2D eigenvalue weighted by Crippen LogP contribution is 2.32. The van der Waals surface area contributed by atoms with Crippen LogP contribution in [0.5, 0.6) is 17.4 Å². The van der Waals surface area contributed by atoms with Gasteiger partial charge in [0.05, 0.1) is 16.6 Å². The van der Waals surface area contributed by atoms with Gasteiger partial charge in [-0.1, -0.05) is 13.0 Å². The topological polar surface area (TPSA) is 57.4 Å². The molecule has 5 heteroatoms. The lowest BCUT2D eigenvalue weighted by Gasteiger charge is -2.10. The van der Waals surface area contributed by atoms with E-state index in [0.717, 1.165) is 34.0 Å². The first-order valence-electron chi connectivity index (χ1n) is 8.39. The average molecular weight is 401 g/mol. The summed E-state index contributed by atoms with van der Waals surface area (Å²) in [7, 11) is 0. The molecule has 0 saturated heterocycles. The fraction of sp³-hybridized carbons (Fsp3) is 0.250. The van der Waals surface area contributed by atoms with Gasteiger partial charge in [0.2, 0.25) is 5.88 Å². The largest absolute Gasteiger partial charge is 0.494 e. The van der Waals surface area contributed by atoms with Gasteiger partial charge in [-0.25, -0.2) is 4.98 Å². The summed E-state index contributed by atoms with van der Waals surface area (Å²) < 4.78 is 12.4. The van der Waals surface area contributed by atoms with Crippen LogP contribution in [0.4, 0.5) is 0 Å². The van der Waals surface area contributed by atoms with Crippen molar-refractivity contribution in [2.75, 3.05) is 13.2 Å². The van der Waals surface area contributed by atoms with Crippen LogP contribution < -0.4 is 15.2 Å². The van der Waals surface area contributed by atoms with E-state index in [9.17, 15) is 0 Å². The van der Waals surface area contributed by atoms with Crippen LogP contribution in [-0.4, -0.2) is 18.1 Å². The molecule has 0 amide bonds. The van der Waals surface area contributed by atoms with Crippen molar-refractivity contribution in [3.63, 3.8) is 0 Å². The standard InChI is InChI=1S/C20H21BrN2O2/c1-2-11-24-16-5-7-19(17(21)13-16)25-20-8-4-15-12-14(9-10-22)3-6-18(15)23-20/h3-8,12-13H,2,9-11,22H2,1H3. The van der Waals surface area contributed by atoms with E-state index in [0.29, 0.717) is 24.8 Å². The number of rotatable bonds is 7. The molecule has 130 valence electrons. The maximum atomic E-state index is 5.92. The number of hydrogen-bond acceptors (Lipinski definition) is 4. The highest BCUT2D eigenvalue weighted by molar-refractivity contribution is 9.10. The van der Waals surface area contributed by atoms with Gasteiger partial charge in [-0.15, -0.1) is 0 Å². The van der Waals surface area contributed by atoms with Gasteiger partial charge in [-0.3, -0.25) is 0 Å². The Morgan fingerprint density at radius 2 is 1.96 bits per heavy atom. The highest BCUT2D eigenvalue weighted by Gasteiger charge is 2.07. The first kappa shape index (κ1) is 17.7. The van der Waals surface area contributed by atoms with E-state index in [2.05, 4.69) is 40.0 Å². The summed E-state index contributed by atoms with van der Waals surface area (Å²) in [6.45, 7) is 3.42. The summed E-state index contributed by atoms with van der Waals surface area (Å²) >= 11 is 3.53. The molecule has 0 aliphatic rings. The number of benzene rings is 2. The number of nitrogens with two attached hydrogens (primary N) is 1. The molecule has 1 aromatic heterocycles. The van der Waals surface area contributed by atoms with Crippen molar-refractivity contribution in [2.45, 2.75) is 19.8 Å². The predicted molar refractivity (Wildman–Crippen MR) is 105 cm³/mol. The molecule has 0 aliphatic carbocycles. The van der Waals surface area contributed by atoms with E-state index < -0.39 is 0 Å². The lowest BCUT2D eigenvalue weighted by atomic mass is 10.1. The summed E-state index contributed by atoms with van der Waals surface area (Å²) in [5.41, 5.74) is 7.74. The molecule has 25 heavy (non-hydrogen) atoms. The third-order valence-corrected chi connectivity index (χ3v) is 4.37. The zero-order valence-corrected chi connectivity index (χ0v) is 15.8. The predicted octanol–water partition coefficient (Wildman–Crippen LogP) is 5.08. The Balaban J connectivity index is 1.79. The Labute approximate surface area is 156 Å². The summed E-state index contributed by atoms with van der Waals surface area (Å²) in [6, 6.07) is 15.8. The lowest BCUT2D eigenvalue weighted by molar-refractivity contribution is 0.316. The monoisotopic (exact) mass is 400 g/mol. The fourth-order valence-electron chi connectivity index (χ4n) is 2.52. The molecule has 0 radical (unpaired) electrons. The minimum Gasteiger partial charge on any atom is -0.494 e. The molecule has 4 nitrogen and oxygen atoms in total. The molecule has 2 N–H and O–H groups in total. The number of fused-ring (bicyclic) bond motifs is 1. The first-order chi connectivity index (χ1) is 12.2. The number of ether oxygens (including phenoxy) is 2. The van der Waals surface area contributed by atoms with E-state index in [4.69, 9.17) is 15.2 Å². The minimum absolute atomic E-state index is 0.557. The minimum atomic E-state index is 0.557. The third kappa shape index (κ3) is 4.50. The van der Waals surface area contributed by atoms with Crippen LogP contribution in [0.2, 0.25) is 0 Å². The van der Waals surface area contributed by atoms with Gasteiger partial charge in [0, 0.05) is 11.5 Å². The van der Waals surface area contributed by atoms with E-state index in [1.54, 1.807) is 0 Å². The fourth-order valence-corrected chi connectivity index (χ4v) is 2.96. The SMILES string of the molecule is CCCOc1ccc(Oc2ccc3cc(CCN)ccc3n2)c(Br)c1. The normalized spacial score (nSPS) is 10.8. The van der Waals surface area contributed by atoms with Crippen molar-refractivity contribution in [3.05, 3.63) is 58.6 Å². The van der Waals surface area contributed by atoms with Gasteiger partial charge >= 0.3 is 0 Å². The van der Waals surface area contributed by atoms with Crippen LogP contribution in [0.25, 0.3) is 10.9 Å². The van der Waals surface area contributed by atoms with Crippen molar-refractivity contribution in [3.8, 4) is 17.4 Å². The van der Waals surface area contributed by atoms with Crippen molar-refractivity contribution in [1.29, 1.82) is 0 Å². The number of halogens is 1. The number of hydrogen-bond donors (Lipinski definition) is 1. The molecular formula is C20H21BrN2O2. The molecular weight excluding hydrogens is 380 g/mol. The number of aromatic nitrogens is 1. The van der Waals surface area contributed by atoms with Gasteiger partial charge in [0.15, 0.2) is 0 Å². The number of nitrogens with zero attached hydrogens (tertiary/aromatic N) is 1. The Morgan fingerprint density at radius 1 is 1.08 bits per heavy atom. The summed E-state index contributed by atoms with van der Waals surface area (Å²) in [6.07, 6.45) is 1.84. The Kier molecular flexibility index (Phi) is 5.89. The van der Waals surface area contributed by atoms with Crippen LogP contribution in [0, 0.1) is 0 Å².